The Morgan fingerprint density at radius 1 is 1.33 bits per heavy atom. The van der Waals surface area contributed by atoms with Crippen LogP contribution in [-0.4, -0.2) is 5.97 Å². The largest absolute Gasteiger partial charge is 0.427 e. The zero-order valence-corrected chi connectivity index (χ0v) is 11.5. The molecule has 0 aliphatic heterocycles. The molecular weight excluding hydrogens is 270 g/mol. The number of rotatable bonds is 3. The Hall–Kier alpha value is -1.36. The van der Waals surface area contributed by atoms with Crippen LogP contribution in [-0.2, 0) is 4.79 Å². The number of carbonyl (C=O) groups excluding carboxylic acids is 1. The van der Waals surface area contributed by atoms with Crippen molar-refractivity contribution in [2.75, 3.05) is 0 Å². The first-order valence-electron chi connectivity index (χ1n) is 5.23. The van der Waals surface area contributed by atoms with E-state index in [2.05, 4.69) is 0 Å². The lowest BCUT2D eigenvalue weighted by Crippen LogP contribution is -2.11. The van der Waals surface area contributed by atoms with E-state index in [0.717, 1.165) is 11.1 Å². The first-order chi connectivity index (χ1) is 8.16. The summed E-state index contributed by atoms with van der Waals surface area (Å²) >= 11 is 1.61. The van der Waals surface area contributed by atoms with E-state index in [1.165, 1.54) is 6.92 Å². The van der Waals surface area contributed by atoms with Gasteiger partial charge in [0.05, 0.1) is 6.04 Å². The molecular formula is C13H14ClNO2S. The summed E-state index contributed by atoms with van der Waals surface area (Å²) in [6.07, 6.45) is 0. The van der Waals surface area contributed by atoms with E-state index >= 15 is 0 Å². The molecule has 0 aliphatic rings. The van der Waals surface area contributed by atoms with Crippen LogP contribution in [0.25, 0.3) is 0 Å². The molecule has 1 atom stereocenters. The third-order valence-electron chi connectivity index (χ3n) is 2.38. The van der Waals surface area contributed by atoms with Crippen molar-refractivity contribution in [3.63, 3.8) is 0 Å². The van der Waals surface area contributed by atoms with Crippen molar-refractivity contribution in [3.8, 4) is 5.75 Å². The standard InChI is InChI=1S/C13H13NO2S.ClH/c1-9(15)16-12-4-2-3-10(7-12)13(14)11-5-6-17-8-11;/h2-8,13H,14H2,1H3;1H/t13-;/m1./s1. The molecule has 1 aromatic heterocycles. The molecule has 0 radical (unpaired) electrons. The average Bonchev–Trinajstić information content (AvgIpc) is 2.81. The van der Waals surface area contributed by atoms with Crippen molar-refractivity contribution in [2.24, 2.45) is 5.73 Å². The van der Waals surface area contributed by atoms with Gasteiger partial charge in [-0.15, -0.1) is 12.4 Å². The van der Waals surface area contributed by atoms with Crippen LogP contribution in [0.15, 0.2) is 41.1 Å². The second-order valence-electron chi connectivity index (χ2n) is 3.70. The van der Waals surface area contributed by atoms with Gasteiger partial charge >= 0.3 is 5.97 Å². The predicted octanol–water partition coefficient (Wildman–Crippen LogP) is 3.14. The quantitative estimate of drug-likeness (QED) is 0.695. The number of thiophene rings is 1. The summed E-state index contributed by atoms with van der Waals surface area (Å²) in [5.41, 5.74) is 8.12. The summed E-state index contributed by atoms with van der Waals surface area (Å²) < 4.78 is 5.03. The number of benzene rings is 1. The maximum Gasteiger partial charge on any atom is 0.308 e. The van der Waals surface area contributed by atoms with Crippen LogP contribution in [0.3, 0.4) is 0 Å². The number of carbonyl (C=O) groups is 1. The van der Waals surface area contributed by atoms with Gasteiger partial charge in [0.25, 0.3) is 0 Å². The van der Waals surface area contributed by atoms with Crippen molar-refractivity contribution in [3.05, 3.63) is 52.2 Å². The molecule has 2 aromatic rings. The van der Waals surface area contributed by atoms with Crippen LogP contribution in [0.1, 0.15) is 24.1 Å². The Kier molecular flexibility index (Phi) is 5.34. The number of esters is 1. The van der Waals surface area contributed by atoms with Gasteiger partial charge in [-0.05, 0) is 40.1 Å². The van der Waals surface area contributed by atoms with Crippen molar-refractivity contribution >= 4 is 29.7 Å². The van der Waals surface area contributed by atoms with Gasteiger partial charge in [0.15, 0.2) is 0 Å². The zero-order chi connectivity index (χ0) is 12.3. The monoisotopic (exact) mass is 283 g/mol. The Morgan fingerprint density at radius 2 is 2.11 bits per heavy atom. The van der Waals surface area contributed by atoms with E-state index in [1.54, 1.807) is 23.5 Å². The third-order valence-corrected chi connectivity index (χ3v) is 3.08. The fraction of sp³-hybridized carbons (Fsp3) is 0.154. The Labute approximate surface area is 116 Å². The number of hydrogen-bond donors (Lipinski definition) is 1. The molecule has 1 heterocycles. The maximum absolute atomic E-state index is 10.9. The van der Waals surface area contributed by atoms with Gasteiger partial charge in [0.2, 0.25) is 0 Å². The highest BCUT2D eigenvalue weighted by Crippen LogP contribution is 2.24. The van der Waals surface area contributed by atoms with Gasteiger partial charge in [-0.1, -0.05) is 12.1 Å². The van der Waals surface area contributed by atoms with Gasteiger partial charge in [-0.2, -0.15) is 11.3 Å². The molecule has 0 saturated carbocycles. The summed E-state index contributed by atoms with van der Waals surface area (Å²) in [5.74, 6) is 0.201. The summed E-state index contributed by atoms with van der Waals surface area (Å²) in [4.78, 5) is 10.9. The molecule has 0 bridgehead atoms. The molecule has 0 fully saturated rings. The van der Waals surface area contributed by atoms with Crippen LogP contribution in [0.5, 0.6) is 5.75 Å². The Bertz CT molecular complexity index is 513. The minimum atomic E-state index is -0.328. The average molecular weight is 284 g/mol. The molecule has 0 spiro atoms. The number of halogens is 1. The van der Waals surface area contributed by atoms with Crippen LogP contribution in [0.2, 0.25) is 0 Å². The van der Waals surface area contributed by atoms with E-state index < -0.39 is 0 Å². The van der Waals surface area contributed by atoms with Crippen molar-refractivity contribution < 1.29 is 9.53 Å². The fourth-order valence-electron chi connectivity index (χ4n) is 1.58. The molecule has 5 heteroatoms. The molecule has 0 saturated heterocycles. The fourth-order valence-corrected chi connectivity index (χ4v) is 2.28. The lowest BCUT2D eigenvalue weighted by Gasteiger charge is -2.11. The highest BCUT2D eigenvalue weighted by atomic mass is 35.5. The minimum Gasteiger partial charge on any atom is -0.427 e. The number of nitrogens with two attached hydrogens (primary N) is 1. The highest BCUT2D eigenvalue weighted by Gasteiger charge is 2.10. The summed E-state index contributed by atoms with van der Waals surface area (Å²) in [6.45, 7) is 1.38. The van der Waals surface area contributed by atoms with Crippen molar-refractivity contribution in [2.45, 2.75) is 13.0 Å². The maximum atomic E-state index is 10.9. The van der Waals surface area contributed by atoms with Gasteiger partial charge in [-0.3, -0.25) is 4.79 Å². The van der Waals surface area contributed by atoms with E-state index in [-0.39, 0.29) is 24.4 Å². The lowest BCUT2D eigenvalue weighted by atomic mass is 10.0. The van der Waals surface area contributed by atoms with Crippen molar-refractivity contribution in [1.29, 1.82) is 0 Å². The topological polar surface area (TPSA) is 52.3 Å². The highest BCUT2D eigenvalue weighted by molar-refractivity contribution is 7.08. The molecule has 96 valence electrons. The minimum absolute atomic E-state index is 0. The lowest BCUT2D eigenvalue weighted by molar-refractivity contribution is -0.131. The van der Waals surface area contributed by atoms with Gasteiger partial charge < -0.3 is 10.5 Å². The van der Waals surface area contributed by atoms with Gasteiger partial charge in [0, 0.05) is 6.92 Å². The third kappa shape index (κ3) is 3.57. The van der Waals surface area contributed by atoms with Crippen LogP contribution in [0.4, 0.5) is 0 Å². The molecule has 0 amide bonds. The second kappa shape index (κ2) is 6.54. The first-order valence-corrected chi connectivity index (χ1v) is 6.17. The SMILES string of the molecule is CC(=O)Oc1cccc([C@@H](N)c2ccsc2)c1.Cl. The summed E-state index contributed by atoms with van der Waals surface area (Å²) in [6, 6.07) is 9.11. The van der Waals surface area contributed by atoms with Gasteiger partial charge in [-0.25, -0.2) is 0 Å². The predicted molar refractivity (Wildman–Crippen MR) is 75.3 cm³/mol. The van der Waals surface area contributed by atoms with E-state index in [1.807, 2.05) is 29.0 Å². The molecule has 2 rings (SSSR count). The number of hydrogen-bond acceptors (Lipinski definition) is 4. The molecule has 0 unspecified atom stereocenters. The summed E-state index contributed by atoms with van der Waals surface area (Å²) in [5, 5.41) is 4.01. The molecule has 0 aliphatic carbocycles. The van der Waals surface area contributed by atoms with E-state index in [0.29, 0.717) is 5.75 Å². The molecule has 2 N–H and O–H groups in total. The summed E-state index contributed by atoms with van der Waals surface area (Å²) in [7, 11) is 0. The van der Waals surface area contributed by atoms with Crippen molar-refractivity contribution in [1.82, 2.24) is 0 Å². The molecule has 18 heavy (non-hydrogen) atoms. The van der Waals surface area contributed by atoms with Crippen LogP contribution >= 0.6 is 23.7 Å². The van der Waals surface area contributed by atoms with Gasteiger partial charge in [0.1, 0.15) is 5.75 Å². The Morgan fingerprint density at radius 3 is 2.72 bits per heavy atom. The normalized spacial score (nSPS) is 11.4. The first kappa shape index (κ1) is 14.7. The van der Waals surface area contributed by atoms with Crippen LogP contribution in [0, 0.1) is 0 Å². The van der Waals surface area contributed by atoms with E-state index in [4.69, 9.17) is 10.5 Å². The van der Waals surface area contributed by atoms with Crippen LogP contribution < -0.4 is 10.5 Å². The molecule has 1 aromatic carbocycles. The molecule has 3 nitrogen and oxygen atoms in total. The van der Waals surface area contributed by atoms with E-state index in [9.17, 15) is 4.79 Å². The smallest absolute Gasteiger partial charge is 0.308 e. The zero-order valence-electron chi connectivity index (χ0n) is 9.83. The number of ether oxygens (including phenoxy) is 1. The second-order valence-corrected chi connectivity index (χ2v) is 4.48. The Balaban J connectivity index is 0.00000162.